The molecule has 2 aromatic carbocycles. The molecule has 0 bridgehead atoms. The standard InChI is InChI=1S/C23H22N6O4/c1-33-13-18-24-23(27-26-18)25-19(30)11-6-12-28-20-14-7-2-3-8-15(14)22(32)29(20)17-10-5-4-9-16(17)21(28)31/h2-5,7-10,20H,6,11-13H2,1H3,(H2,24,25,26,27,30)/t20-/m0/s1. The summed E-state index contributed by atoms with van der Waals surface area (Å²) in [5.41, 5.74) is 2.47. The van der Waals surface area contributed by atoms with Crippen molar-refractivity contribution in [3.63, 3.8) is 0 Å². The molecule has 0 radical (unpaired) electrons. The zero-order valence-corrected chi connectivity index (χ0v) is 17.9. The lowest BCUT2D eigenvalue weighted by Crippen LogP contribution is -2.48. The number of rotatable bonds is 7. The second kappa shape index (κ2) is 8.47. The van der Waals surface area contributed by atoms with Gasteiger partial charge in [-0.1, -0.05) is 30.3 Å². The number of nitrogens with zero attached hydrogens (tertiary/aromatic N) is 4. The van der Waals surface area contributed by atoms with Gasteiger partial charge in [0.25, 0.3) is 11.8 Å². The third-order valence-corrected chi connectivity index (χ3v) is 5.75. The van der Waals surface area contributed by atoms with E-state index in [0.29, 0.717) is 35.6 Å². The monoisotopic (exact) mass is 446 g/mol. The predicted octanol–water partition coefficient (Wildman–Crippen LogP) is 2.48. The van der Waals surface area contributed by atoms with Crippen molar-refractivity contribution in [2.24, 2.45) is 0 Å². The van der Waals surface area contributed by atoms with Gasteiger partial charge in [-0.15, -0.1) is 5.10 Å². The number of anilines is 2. The molecule has 0 fully saturated rings. The Balaban J connectivity index is 1.33. The smallest absolute Gasteiger partial charge is 0.260 e. The Morgan fingerprint density at radius 2 is 1.85 bits per heavy atom. The molecule has 5 rings (SSSR count). The minimum absolute atomic E-state index is 0.130. The first-order valence-corrected chi connectivity index (χ1v) is 10.6. The first-order valence-electron chi connectivity index (χ1n) is 10.6. The number of methoxy groups -OCH3 is 1. The van der Waals surface area contributed by atoms with Gasteiger partial charge in [-0.25, -0.2) is 0 Å². The summed E-state index contributed by atoms with van der Waals surface area (Å²) in [6, 6.07) is 14.5. The van der Waals surface area contributed by atoms with Crippen LogP contribution in [0.25, 0.3) is 0 Å². The summed E-state index contributed by atoms with van der Waals surface area (Å²) in [6.45, 7) is 0.575. The third-order valence-electron chi connectivity index (χ3n) is 5.75. The van der Waals surface area contributed by atoms with Gasteiger partial charge in [-0.2, -0.15) is 4.98 Å². The Morgan fingerprint density at radius 3 is 2.67 bits per heavy atom. The first-order chi connectivity index (χ1) is 16.1. The molecule has 3 heterocycles. The number of aromatic nitrogens is 3. The Kier molecular flexibility index (Phi) is 5.35. The number of carbonyl (C=O) groups excluding carboxylic acids is 3. The maximum atomic E-state index is 13.4. The number of ether oxygens (including phenoxy) is 1. The van der Waals surface area contributed by atoms with Crippen molar-refractivity contribution in [2.45, 2.75) is 25.6 Å². The normalized spacial score (nSPS) is 16.5. The van der Waals surface area contributed by atoms with Gasteiger partial charge in [0.2, 0.25) is 11.9 Å². The number of carbonyl (C=O) groups is 3. The van der Waals surface area contributed by atoms with Gasteiger partial charge in [-0.05, 0) is 24.6 Å². The molecule has 3 aromatic rings. The molecule has 1 aromatic heterocycles. The van der Waals surface area contributed by atoms with E-state index < -0.39 is 6.17 Å². The Morgan fingerprint density at radius 1 is 1.09 bits per heavy atom. The zero-order valence-electron chi connectivity index (χ0n) is 17.9. The summed E-state index contributed by atoms with van der Waals surface area (Å²) in [4.78, 5) is 46.4. The number of fused-ring (bicyclic) bond motifs is 5. The molecule has 0 unspecified atom stereocenters. The molecule has 2 aliphatic heterocycles. The fraction of sp³-hybridized carbons (Fsp3) is 0.261. The van der Waals surface area contributed by atoms with E-state index in [4.69, 9.17) is 4.74 Å². The van der Waals surface area contributed by atoms with Crippen molar-refractivity contribution in [3.05, 3.63) is 71.0 Å². The molecule has 0 saturated heterocycles. The fourth-order valence-electron chi connectivity index (χ4n) is 4.35. The average Bonchev–Trinajstić information content (AvgIpc) is 3.38. The highest BCUT2D eigenvalue weighted by molar-refractivity contribution is 6.16. The van der Waals surface area contributed by atoms with Gasteiger partial charge in [-0.3, -0.25) is 29.7 Å². The Bertz CT molecular complexity index is 1240. The van der Waals surface area contributed by atoms with Gasteiger partial charge in [0, 0.05) is 31.2 Å². The van der Waals surface area contributed by atoms with E-state index in [1.165, 1.54) is 0 Å². The largest absolute Gasteiger partial charge is 0.377 e. The second-order valence-corrected chi connectivity index (χ2v) is 7.84. The van der Waals surface area contributed by atoms with Gasteiger partial charge in [0.05, 0.1) is 11.3 Å². The highest BCUT2D eigenvalue weighted by atomic mass is 16.5. The van der Waals surface area contributed by atoms with Crippen LogP contribution in [0.4, 0.5) is 11.6 Å². The molecule has 10 heteroatoms. The minimum Gasteiger partial charge on any atom is -0.377 e. The van der Waals surface area contributed by atoms with Crippen LogP contribution in [0.3, 0.4) is 0 Å². The van der Waals surface area contributed by atoms with Crippen molar-refractivity contribution >= 4 is 29.4 Å². The van der Waals surface area contributed by atoms with Gasteiger partial charge < -0.3 is 9.64 Å². The van der Waals surface area contributed by atoms with Crippen LogP contribution in [0.1, 0.15) is 51.1 Å². The number of benzene rings is 2. The summed E-state index contributed by atoms with van der Waals surface area (Å²) in [6.07, 6.45) is 0.0567. The first kappa shape index (κ1) is 20.8. The molecule has 3 amide bonds. The van der Waals surface area contributed by atoms with E-state index in [1.54, 1.807) is 41.2 Å². The Hall–Kier alpha value is -4.05. The zero-order chi connectivity index (χ0) is 22.9. The van der Waals surface area contributed by atoms with Gasteiger partial charge in [0.15, 0.2) is 5.82 Å². The number of hydrogen-bond donors (Lipinski definition) is 2. The molecular weight excluding hydrogens is 424 g/mol. The number of hydrogen-bond acceptors (Lipinski definition) is 6. The van der Waals surface area contributed by atoms with E-state index in [2.05, 4.69) is 20.5 Å². The number of aromatic amines is 1. The molecule has 0 aliphatic carbocycles. The van der Waals surface area contributed by atoms with Crippen LogP contribution >= 0.6 is 0 Å². The molecule has 0 saturated carbocycles. The molecule has 168 valence electrons. The molecule has 10 nitrogen and oxygen atoms in total. The fourth-order valence-corrected chi connectivity index (χ4v) is 4.35. The summed E-state index contributed by atoms with van der Waals surface area (Å²) in [5, 5.41) is 9.25. The van der Waals surface area contributed by atoms with Crippen LogP contribution in [0.5, 0.6) is 0 Å². The van der Waals surface area contributed by atoms with Crippen LogP contribution in [0.2, 0.25) is 0 Å². The average molecular weight is 446 g/mol. The Labute approximate surface area is 189 Å². The van der Waals surface area contributed by atoms with Crippen LogP contribution in [-0.4, -0.2) is 51.5 Å². The summed E-state index contributed by atoms with van der Waals surface area (Å²) in [7, 11) is 1.54. The summed E-state index contributed by atoms with van der Waals surface area (Å²) >= 11 is 0. The van der Waals surface area contributed by atoms with Crippen molar-refractivity contribution in [1.82, 2.24) is 20.1 Å². The van der Waals surface area contributed by atoms with Crippen molar-refractivity contribution in [3.8, 4) is 0 Å². The van der Waals surface area contributed by atoms with Gasteiger partial charge >= 0.3 is 0 Å². The topological polar surface area (TPSA) is 121 Å². The highest BCUT2D eigenvalue weighted by Crippen LogP contribution is 2.45. The van der Waals surface area contributed by atoms with E-state index in [9.17, 15) is 14.4 Å². The molecule has 2 N–H and O–H groups in total. The third kappa shape index (κ3) is 3.64. The lowest BCUT2D eigenvalue weighted by atomic mass is 10.0. The molecule has 0 spiro atoms. The number of para-hydroxylation sites is 1. The van der Waals surface area contributed by atoms with Crippen LogP contribution in [0.15, 0.2) is 48.5 Å². The van der Waals surface area contributed by atoms with Crippen molar-refractivity contribution in [1.29, 1.82) is 0 Å². The highest BCUT2D eigenvalue weighted by Gasteiger charge is 2.47. The molecular formula is C23H22N6O4. The summed E-state index contributed by atoms with van der Waals surface area (Å²) < 4.78 is 4.97. The van der Waals surface area contributed by atoms with Crippen LogP contribution in [0, 0.1) is 0 Å². The van der Waals surface area contributed by atoms with Gasteiger partial charge in [0.1, 0.15) is 12.8 Å². The minimum atomic E-state index is -0.524. The van der Waals surface area contributed by atoms with Crippen LogP contribution < -0.4 is 10.2 Å². The SMILES string of the molecule is COCc1nc(NC(=O)CCCN2C(=O)c3ccccc3N3C(=O)c4ccccc4[C@@H]23)n[nH]1. The van der Waals surface area contributed by atoms with E-state index >= 15 is 0 Å². The van der Waals surface area contributed by atoms with Crippen molar-refractivity contribution in [2.75, 3.05) is 23.9 Å². The molecule has 1 atom stereocenters. The number of H-pyrrole nitrogens is 1. The van der Waals surface area contributed by atoms with Crippen molar-refractivity contribution < 1.29 is 19.1 Å². The quantitative estimate of drug-likeness (QED) is 0.575. The van der Waals surface area contributed by atoms with E-state index in [-0.39, 0.29) is 36.7 Å². The second-order valence-electron chi connectivity index (χ2n) is 7.84. The summed E-state index contributed by atoms with van der Waals surface area (Å²) in [5.74, 6) is 0.138. The van der Waals surface area contributed by atoms with Crippen LogP contribution in [-0.2, 0) is 16.1 Å². The maximum absolute atomic E-state index is 13.4. The maximum Gasteiger partial charge on any atom is 0.260 e. The van der Waals surface area contributed by atoms with E-state index in [0.717, 1.165) is 5.56 Å². The lowest BCUT2D eigenvalue weighted by molar-refractivity contribution is -0.116. The van der Waals surface area contributed by atoms with E-state index in [1.807, 2.05) is 24.3 Å². The lowest BCUT2D eigenvalue weighted by Gasteiger charge is -2.41. The molecule has 33 heavy (non-hydrogen) atoms. The number of amides is 3. The predicted molar refractivity (Wildman–Crippen MR) is 118 cm³/mol. The molecule has 2 aliphatic rings. The number of nitrogens with one attached hydrogen (secondary N) is 2.